The molecule has 2 aromatic carbocycles. The molecule has 3 heterocycles. The Balaban J connectivity index is 1.32. The highest BCUT2D eigenvalue weighted by Crippen LogP contribution is 2.44. The number of carbonyl (C=O) groups is 2. The van der Waals surface area contributed by atoms with Crippen molar-refractivity contribution in [2.75, 3.05) is 20.3 Å². The van der Waals surface area contributed by atoms with Crippen molar-refractivity contribution in [3.63, 3.8) is 0 Å². The zero-order valence-electron chi connectivity index (χ0n) is 17.0. The van der Waals surface area contributed by atoms with Gasteiger partial charge in [-0.3, -0.25) is 4.79 Å². The van der Waals surface area contributed by atoms with Gasteiger partial charge in [0.2, 0.25) is 0 Å². The Hall–Kier alpha value is -3.02. The molecule has 1 amide bonds. The third kappa shape index (κ3) is 3.30. The van der Waals surface area contributed by atoms with Gasteiger partial charge in [-0.05, 0) is 67.5 Å². The van der Waals surface area contributed by atoms with Gasteiger partial charge in [-0.1, -0.05) is 12.1 Å². The van der Waals surface area contributed by atoms with Gasteiger partial charge in [-0.2, -0.15) is 0 Å². The summed E-state index contributed by atoms with van der Waals surface area (Å²) in [6.45, 7) is 1.05. The average Bonchev–Trinajstić information content (AvgIpc) is 3.06. The molecule has 30 heavy (non-hydrogen) atoms. The fourth-order valence-corrected chi connectivity index (χ4v) is 5.12. The molecular weight excluding hydrogens is 382 g/mol. The van der Waals surface area contributed by atoms with E-state index in [9.17, 15) is 9.59 Å². The molecule has 156 valence electrons. The molecule has 0 aliphatic carbocycles. The van der Waals surface area contributed by atoms with Crippen molar-refractivity contribution >= 4 is 11.9 Å². The molecule has 0 saturated carbocycles. The summed E-state index contributed by atoms with van der Waals surface area (Å²) in [5, 5.41) is 0. The van der Waals surface area contributed by atoms with Crippen LogP contribution < -0.4 is 9.47 Å². The number of carbonyl (C=O) groups excluding carboxylic acids is 2. The lowest BCUT2D eigenvalue weighted by Crippen LogP contribution is -2.46. The van der Waals surface area contributed by atoms with Crippen LogP contribution in [0.4, 0.5) is 0 Å². The molecule has 2 bridgehead atoms. The second-order valence-electron chi connectivity index (χ2n) is 8.24. The first kappa shape index (κ1) is 19.0. The highest BCUT2D eigenvalue weighted by molar-refractivity contribution is 5.95. The van der Waals surface area contributed by atoms with Crippen LogP contribution in [-0.2, 0) is 4.74 Å². The van der Waals surface area contributed by atoms with Gasteiger partial charge in [0.05, 0.1) is 12.7 Å². The van der Waals surface area contributed by atoms with Gasteiger partial charge in [0.25, 0.3) is 5.91 Å². The molecule has 0 aromatic heterocycles. The number of methoxy groups -OCH3 is 1. The SMILES string of the molecule is COC(=O)c1ccc([C@H]2C[C@H]3CC[C@@H](C2)N3C(=O)c2ccc3c(c2)OCCO3)cc1. The van der Waals surface area contributed by atoms with E-state index in [0.29, 0.717) is 41.8 Å². The van der Waals surface area contributed by atoms with Crippen LogP contribution in [0.2, 0.25) is 0 Å². The number of esters is 1. The summed E-state index contributed by atoms with van der Waals surface area (Å²) >= 11 is 0. The number of ether oxygens (including phenoxy) is 3. The minimum Gasteiger partial charge on any atom is -0.486 e. The molecule has 3 atom stereocenters. The standard InChI is InChI=1S/C24H25NO5/c1-28-24(27)16-4-2-15(3-5-16)18-12-19-7-8-20(13-18)25(19)23(26)17-6-9-21-22(14-17)30-11-10-29-21/h2-6,9,14,18-20H,7-8,10-13H2,1H3/t18-,19+,20-. The van der Waals surface area contributed by atoms with E-state index in [0.717, 1.165) is 25.7 Å². The lowest BCUT2D eigenvalue weighted by molar-refractivity contribution is 0.0567. The normalized spacial score (nSPS) is 24.4. The summed E-state index contributed by atoms with van der Waals surface area (Å²) in [6.07, 6.45) is 3.98. The summed E-state index contributed by atoms with van der Waals surface area (Å²) in [7, 11) is 1.39. The molecule has 3 aliphatic rings. The summed E-state index contributed by atoms with van der Waals surface area (Å²) < 4.78 is 16.0. The van der Waals surface area contributed by atoms with E-state index in [-0.39, 0.29) is 24.0 Å². The summed E-state index contributed by atoms with van der Waals surface area (Å²) in [5.74, 6) is 1.52. The fraction of sp³-hybridized carbons (Fsp3) is 0.417. The Labute approximate surface area is 175 Å². The monoisotopic (exact) mass is 407 g/mol. The third-order valence-electron chi connectivity index (χ3n) is 6.56. The Morgan fingerprint density at radius 2 is 1.53 bits per heavy atom. The number of hydrogen-bond acceptors (Lipinski definition) is 5. The highest BCUT2D eigenvalue weighted by Gasteiger charge is 2.43. The summed E-state index contributed by atoms with van der Waals surface area (Å²) in [5.41, 5.74) is 2.46. The number of rotatable bonds is 3. The van der Waals surface area contributed by atoms with Crippen molar-refractivity contribution in [1.82, 2.24) is 4.90 Å². The summed E-state index contributed by atoms with van der Waals surface area (Å²) in [4.78, 5) is 27.1. The van der Waals surface area contributed by atoms with Crippen molar-refractivity contribution in [2.24, 2.45) is 0 Å². The Kier molecular flexibility index (Phi) is 4.85. The van der Waals surface area contributed by atoms with Gasteiger partial charge in [-0.15, -0.1) is 0 Å². The van der Waals surface area contributed by atoms with Crippen LogP contribution in [0.5, 0.6) is 11.5 Å². The second kappa shape index (κ2) is 7.67. The first-order chi connectivity index (χ1) is 14.6. The van der Waals surface area contributed by atoms with E-state index >= 15 is 0 Å². The van der Waals surface area contributed by atoms with Crippen molar-refractivity contribution in [2.45, 2.75) is 43.7 Å². The number of hydrogen-bond donors (Lipinski definition) is 0. The molecule has 6 heteroatoms. The van der Waals surface area contributed by atoms with Crippen molar-refractivity contribution in [1.29, 1.82) is 0 Å². The van der Waals surface area contributed by atoms with Gasteiger partial charge < -0.3 is 19.1 Å². The van der Waals surface area contributed by atoms with E-state index in [1.807, 2.05) is 42.5 Å². The quantitative estimate of drug-likeness (QED) is 0.725. The van der Waals surface area contributed by atoms with Gasteiger partial charge in [0, 0.05) is 17.6 Å². The van der Waals surface area contributed by atoms with E-state index in [4.69, 9.17) is 14.2 Å². The first-order valence-electron chi connectivity index (χ1n) is 10.5. The van der Waals surface area contributed by atoms with Crippen LogP contribution in [-0.4, -0.2) is 49.2 Å². The predicted octanol–water partition coefficient (Wildman–Crippen LogP) is 3.80. The van der Waals surface area contributed by atoms with Crippen LogP contribution in [0, 0.1) is 0 Å². The maximum Gasteiger partial charge on any atom is 0.337 e. The number of nitrogens with zero attached hydrogens (tertiary/aromatic N) is 1. The maximum absolute atomic E-state index is 13.3. The van der Waals surface area contributed by atoms with E-state index < -0.39 is 0 Å². The third-order valence-corrected chi connectivity index (χ3v) is 6.56. The number of benzene rings is 2. The molecular formula is C24H25NO5. The van der Waals surface area contributed by atoms with Crippen molar-refractivity contribution in [3.05, 3.63) is 59.2 Å². The van der Waals surface area contributed by atoms with Gasteiger partial charge in [0.1, 0.15) is 13.2 Å². The zero-order chi connectivity index (χ0) is 20.7. The van der Waals surface area contributed by atoms with Crippen LogP contribution in [0.1, 0.15) is 57.9 Å². The van der Waals surface area contributed by atoms with Crippen LogP contribution >= 0.6 is 0 Å². The predicted molar refractivity (Wildman–Crippen MR) is 110 cm³/mol. The minimum absolute atomic E-state index is 0.0824. The van der Waals surface area contributed by atoms with Crippen LogP contribution in [0.25, 0.3) is 0 Å². The fourth-order valence-electron chi connectivity index (χ4n) is 5.12. The lowest BCUT2D eigenvalue weighted by atomic mass is 9.84. The van der Waals surface area contributed by atoms with Gasteiger partial charge in [0.15, 0.2) is 11.5 Å². The Bertz CT molecular complexity index is 956. The van der Waals surface area contributed by atoms with E-state index in [1.54, 1.807) is 0 Å². The molecule has 5 rings (SSSR count). The molecule has 0 radical (unpaired) electrons. The Morgan fingerprint density at radius 3 is 2.20 bits per heavy atom. The summed E-state index contributed by atoms with van der Waals surface area (Å²) in [6, 6.07) is 13.7. The lowest BCUT2D eigenvalue weighted by Gasteiger charge is -2.39. The zero-order valence-corrected chi connectivity index (χ0v) is 17.0. The molecule has 6 nitrogen and oxygen atoms in total. The van der Waals surface area contributed by atoms with Crippen LogP contribution in [0.15, 0.2) is 42.5 Å². The topological polar surface area (TPSA) is 65.1 Å². The Morgan fingerprint density at radius 1 is 0.900 bits per heavy atom. The van der Waals surface area contributed by atoms with E-state index in [1.165, 1.54) is 12.7 Å². The first-order valence-corrected chi connectivity index (χ1v) is 10.5. The largest absolute Gasteiger partial charge is 0.486 e. The van der Waals surface area contributed by atoms with Gasteiger partial charge in [-0.25, -0.2) is 4.79 Å². The molecule has 3 aliphatic heterocycles. The molecule has 0 spiro atoms. The smallest absolute Gasteiger partial charge is 0.337 e. The van der Waals surface area contributed by atoms with Crippen molar-refractivity contribution < 1.29 is 23.8 Å². The molecule has 2 saturated heterocycles. The molecule has 2 aromatic rings. The maximum atomic E-state index is 13.3. The minimum atomic E-state index is -0.318. The van der Waals surface area contributed by atoms with E-state index in [2.05, 4.69) is 4.90 Å². The number of piperidine rings is 1. The average molecular weight is 407 g/mol. The van der Waals surface area contributed by atoms with Crippen molar-refractivity contribution in [3.8, 4) is 11.5 Å². The second-order valence-corrected chi connectivity index (χ2v) is 8.24. The molecule has 0 N–H and O–H groups in total. The molecule has 0 unspecified atom stereocenters. The number of amides is 1. The van der Waals surface area contributed by atoms with Gasteiger partial charge >= 0.3 is 5.97 Å². The van der Waals surface area contributed by atoms with Crippen LogP contribution in [0.3, 0.4) is 0 Å². The number of fused-ring (bicyclic) bond motifs is 3. The highest BCUT2D eigenvalue weighted by atomic mass is 16.6. The molecule has 2 fully saturated rings.